The van der Waals surface area contributed by atoms with Gasteiger partial charge in [-0.15, -0.1) is 11.8 Å². The van der Waals surface area contributed by atoms with Crippen molar-refractivity contribution in [2.75, 3.05) is 56.2 Å². The Balaban J connectivity index is 0.00000585. The van der Waals surface area contributed by atoms with E-state index in [1.54, 1.807) is 23.9 Å². The van der Waals surface area contributed by atoms with E-state index in [2.05, 4.69) is 56.2 Å². The van der Waals surface area contributed by atoms with Gasteiger partial charge in [0.1, 0.15) is 5.69 Å². The predicted octanol–water partition coefficient (Wildman–Crippen LogP) is 7.55. The summed E-state index contributed by atoms with van der Waals surface area (Å²) in [5, 5.41) is 16.2. The van der Waals surface area contributed by atoms with E-state index in [0.29, 0.717) is 23.2 Å². The van der Waals surface area contributed by atoms with E-state index >= 15 is 0 Å². The first-order chi connectivity index (χ1) is 27.9. The Morgan fingerprint density at radius 3 is 2.46 bits per heavy atom. The van der Waals surface area contributed by atoms with Crippen molar-refractivity contribution in [3.8, 4) is 11.1 Å². The molecule has 2 aliphatic heterocycles. The molecule has 2 aliphatic rings. The van der Waals surface area contributed by atoms with E-state index in [9.17, 15) is 23.3 Å². The number of nitro groups is 1. The fraction of sp³-hybridized carbons (Fsp3) is 0.295. The molecule has 0 aliphatic carbocycles. The predicted molar refractivity (Wildman–Crippen MR) is 241 cm³/mol. The molecule has 2 N–H and O–H groups in total. The molecule has 15 heteroatoms. The van der Waals surface area contributed by atoms with Gasteiger partial charge >= 0.3 is 29.6 Å². The van der Waals surface area contributed by atoms with Crippen LogP contribution in [0, 0.1) is 10.1 Å². The molecule has 1 saturated heterocycles. The maximum atomic E-state index is 13.5. The van der Waals surface area contributed by atoms with Crippen molar-refractivity contribution in [1.82, 2.24) is 14.5 Å². The molecule has 0 aromatic heterocycles. The standard InChI is InChI=1S/C44H47ClN6O5S2.Na.H/c1-48(2)23-22-36(30-57-38-9-4-3-5-10-38)46-41-20-19-39(27-43(41)51(53)54)58(55,56)47-44(52)33-15-21-42-32(26-33)14-18-37-29-49(24-25-50(37)42)28-34-8-6-7-11-40(34)31-12-16-35(45)17-13-31;;/h3-13,15-17,19-21,26-27,36-37,46H,14,18,22-25,28-30H2,1-2H3,(H,47,52);;/t36-,37-;;/m1../s1. The summed E-state index contributed by atoms with van der Waals surface area (Å²) in [6.07, 6.45) is 2.36. The van der Waals surface area contributed by atoms with Gasteiger partial charge in [-0.05, 0) is 117 Å². The minimum atomic E-state index is -4.44. The molecule has 304 valence electrons. The van der Waals surface area contributed by atoms with Gasteiger partial charge in [0.15, 0.2) is 0 Å². The topological polar surface area (TPSA) is 128 Å². The van der Waals surface area contributed by atoms with Crippen LogP contribution in [-0.4, -0.2) is 117 Å². The van der Waals surface area contributed by atoms with Crippen molar-refractivity contribution in [3.05, 3.63) is 147 Å². The normalized spacial score (nSPS) is 15.7. The summed E-state index contributed by atoms with van der Waals surface area (Å²) in [5.41, 5.74) is 5.69. The number of fused-ring (bicyclic) bond motifs is 3. The van der Waals surface area contributed by atoms with Gasteiger partial charge in [-0.25, -0.2) is 13.1 Å². The Morgan fingerprint density at radius 1 is 0.966 bits per heavy atom. The van der Waals surface area contributed by atoms with E-state index < -0.39 is 20.9 Å². The van der Waals surface area contributed by atoms with E-state index in [1.807, 2.05) is 67.5 Å². The Bertz CT molecular complexity index is 2370. The fourth-order valence-corrected chi connectivity index (χ4v) is 9.82. The molecule has 59 heavy (non-hydrogen) atoms. The van der Waals surface area contributed by atoms with Gasteiger partial charge in [0.05, 0.1) is 9.82 Å². The number of carbonyl (C=O) groups is 1. The SMILES string of the molecule is CN(C)CC[C@H](CSc1ccccc1)Nc1ccc(S(=O)(=O)NC(=O)c2ccc3c(c2)CC[C@@H]2CN(Cc4ccccc4-c4ccc(Cl)cc4)CCN32)cc1[N+](=O)[O-].[NaH]. The van der Waals surface area contributed by atoms with Crippen LogP contribution in [0.2, 0.25) is 5.02 Å². The summed E-state index contributed by atoms with van der Waals surface area (Å²) in [4.78, 5) is 32.7. The van der Waals surface area contributed by atoms with Crippen LogP contribution in [0.4, 0.5) is 17.1 Å². The number of piperazine rings is 1. The summed E-state index contributed by atoms with van der Waals surface area (Å²) >= 11 is 7.79. The van der Waals surface area contributed by atoms with Gasteiger partial charge in [0.2, 0.25) is 0 Å². The van der Waals surface area contributed by atoms with Gasteiger partial charge < -0.3 is 15.1 Å². The second kappa shape index (κ2) is 20.1. The molecule has 5 aromatic carbocycles. The fourth-order valence-electron chi connectivity index (χ4n) is 7.70. The number of benzene rings is 5. The Hall–Kier alpha value is -3.92. The van der Waals surface area contributed by atoms with Crippen LogP contribution in [0.3, 0.4) is 0 Å². The number of thioether (sulfide) groups is 1. The number of nitrogens with zero attached hydrogens (tertiary/aromatic N) is 4. The van der Waals surface area contributed by atoms with Crippen molar-refractivity contribution in [2.24, 2.45) is 0 Å². The third-order valence-corrected chi connectivity index (χ3v) is 13.5. The number of anilines is 2. The number of rotatable bonds is 15. The molecule has 2 atom stereocenters. The molecular formula is C44H48ClN6NaO5S2. The molecule has 2 heterocycles. The summed E-state index contributed by atoms with van der Waals surface area (Å²) in [6, 6.07) is 35.5. The Kier molecular flexibility index (Phi) is 15.2. The number of nitro benzene ring substituents is 1. The van der Waals surface area contributed by atoms with Crippen LogP contribution >= 0.6 is 23.4 Å². The third kappa shape index (κ3) is 11.3. The van der Waals surface area contributed by atoms with Gasteiger partial charge in [0, 0.05) is 71.3 Å². The van der Waals surface area contributed by atoms with Gasteiger partial charge in [-0.3, -0.25) is 19.8 Å². The molecular weight excluding hydrogens is 815 g/mol. The van der Waals surface area contributed by atoms with Gasteiger partial charge in [-0.1, -0.05) is 66.2 Å². The number of carbonyl (C=O) groups excluding carboxylic acids is 1. The first-order valence-electron chi connectivity index (χ1n) is 19.3. The van der Waals surface area contributed by atoms with E-state index in [-0.39, 0.29) is 57.4 Å². The monoisotopic (exact) mass is 862 g/mol. The van der Waals surface area contributed by atoms with Crippen molar-refractivity contribution in [2.45, 2.75) is 47.7 Å². The second-order valence-electron chi connectivity index (χ2n) is 15.1. The zero-order valence-corrected chi connectivity index (χ0v) is 34.9. The number of aryl methyl sites for hydroxylation is 1. The van der Waals surface area contributed by atoms with Crippen LogP contribution in [0.5, 0.6) is 0 Å². The van der Waals surface area contributed by atoms with Crippen molar-refractivity contribution >= 4 is 85.9 Å². The number of nitrogens with one attached hydrogen (secondary N) is 2. The quantitative estimate of drug-likeness (QED) is 0.0472. The third-order valence-electron chi connectivity index (χ3n) is 10.7. The molecule has 1 fully saturated rings. The average Bonchev–Trinajstić information content (AvgIpc) is 3.22. The summed E-state index contributed by atoms with van der Waals surface area (Å²) in [7, 11) is -0.509. The molecule has 11 nitrogen and oxygen atoms in total. The maximum absolute atomic E-state index is 13.5. The van der Waals surface area contributed by atoms with E-state index in [0.717, 1.165) is 73.3 Å². The summed E-state index contributed by atoms with van der Waals surface area (Å²) in [5.74, 6) is -0.149. The molecule has 0 saturated carbocycles. The van der Waals surface area contributed by atoms with Crippen LogP contribution < -0.4 is 14.9 Å². The second-order valence-corrected chi connectivity index (χ2v) is 18.3. The molecule has 0 spiro atoms. The average molecular weight is 863 g/mol. The van der Waals surface area contributed by atoms with Crippen LogP contribution in [0.1, 0.15) is 34.3 Å². The Morgan fingerprint density at radius 2 is 1.71 bits per heavy atom. The van der Waals surface area contributed by atoms with Crippen molar-refractivity contribution in [1.29, 1.82) is 0 Å². The van der Waals surface area contributed by atoms with E-state index in [4.69, 9.17) is 11.6 Å². The van der Waals surface area contributed by atoms with Gasteiger partial charge in [0.25, 0.3) is 21.6 Å². The molecule has 0 bridgehead atoms. The number of amides is 1. The van der Waals surface area contributed by atoms with Crippen LogP contribution in [-0.2, 0) is 23.0 Å². The van der Waals surface area contributed by atoms with Crippen molar-refractivity contribution in [3.63, 3.8) is 0 Å². The summed E-state index contributed by atoms with van der Waals surface area (Å²) < 4.78 is 29.2. The molecule has 0 radical (unpaired) electrons. The molecule has 7 rings (SSSR count). The number of sulfonamides is 1. The van der Waals surface area contributed by atoms with E-state index in [1.165, 1.54) is 23.3 Å². The zero-order valence-electron chi connectivity index (χ0n) is 32.5. The first kappa shape index (κ1) is 44.6. The molecule has 5 aromatic rings. The summed E-state index contributed by atoms with van der Waals surface area (Å²) in [6.45, 7) is 4.18. The number of halogens is 1. The van der Waals surface area contributed by atoms with Gasteiger partial charge in [-0.2, -0.15) is 0 Å². The minimum absolute atomic E-state index is 0. The Labute approximate surface area is 378 Å². The first-order valence-corrected chi connectivity index (χ1v) is 22.2. The zero-order chi connectivity index (χ0) is 40.8. The number of hydrogen-bond donors (Lipinski definition) is 2. The van der Waals surface area contributed by atoms with Crippen LogP contribution in [0.25, 0.3) is 11.1 Å². The van der Waals surface area contributed by atoms with Crippen LogP contribution in [0.15, 0.2) is 125 Å². The molecule has 0 unspecified atom stereocenters. The number of hydrogen-bond acceptors (Lipinski definition) is 10. The van der Waals surface area contributed by atoms with Crippen molar-refractivity contribution < 1.29 is 18.1 Å². The molecule has 1 amide bonds.